The Hall–Kier alpha value is -1.78. The molecule has 1 fully saturated rings. The van der Waals surface area contributed by atoms with E-state index in [2.05, 4.69) is 5.32 Å². The molecule has 0 saturated heterocycles. The summed E-state index contributed by atoms with van der Waals surface area (Å²) in [6.45, 7) is 0. The van der Waals surface area contributed by atoms with Gasteiger partial charge < -0.3 is 14.6 Å². The second kappa shape index (κ2) is 4.00. The smallest absolute Gasteiger partial charge is 0.256 e. The molecule has 16 heavy (non-hydrogen) atoms. The van der Waals surface area contributed by atoms with Crippen LogP contribution < -0.4 is 15.6 Å². The third-order valence-electron chi connectivity index (χ3n) is 2.57. The van der Waals surface area contributed by atoms with Gasteiger partial charge >= 0.3 is 0 Å². The van der Waals surface area contributed by atoms with Crippen molar-refractivity contribution in [2.45, 2.75) is 18.9 Å². The van der Waals surface area contributed by atoms with Crippen molar-refractivity contribution in [3.05, 3.63) is 28.2 Å². The Morgan fingerprint density at radius 3 is 2.81 bits per heavy atom. The van der Waals surface area contributed by atoms with E-state index in [0.717, 1.165) is 12.8 Å². The highest BCUT2D eigenvalue weighted by molar-refractivity contribution is 5.96. The second-order valence-electron chi connectivity index (χ2n) is 3.95. The number of pyridine rings is 1. The highest BCUT2D eigenvalue weighted by Gasteiger charge is 2.25. The van der Waals surface area contributed by atoms with Crippen molar-refractivity contribution in [2.75, 3.05) is 7.11 Å². The van der Waals surface area contributed by atoms with Crippen molar-refractivity contribution in [2.24, 2.45) is 7.05 Å². The van der Waals surface area contributed by atoms with E-state index in [-0.39, 0.29) is 17.5 Å². The Kier molecular flexibility index (Phi) is 2.68. The molecule has 1 aliphatic carbocycles. The fraction of sp³-hybridized carbons (Fsp3) is 0.455. The maximum absolute atomic E-state index is 11.8. The highest BCUT2D eigenvalue weighted by Crippen LogP contribution is 2.21. The van der Waals surface area contributed by atoms with Crippen LogP contribution in [0.3, 0.4) is 0 Å². The topological polar surface area (TPSA) is 60.3 Å². The van der Waals surface area contributed by atoms with Crippen LogP contribution in [0.25, 0.3) is 0 Å². The second-order valence-corrected chi connectivity index (χ2v) is 3.95. The fourth-order valence-electron chi connectivity index (χ4n) is 1.44. The summed E-state index contributed by atoms with van der Waals surface area (Å²) in [5, 5.41) is 2.86. The summed E-state index contributed by atoms with van der Waals surface area (Å²) < 4.78 is 6.40. The number of aromatic nitrogens is 1. The number of amides is 1. The summed E-state index contributed by atoms with van der Waals surface area (Å²) in [5.41, 5.74) is 0.205. The number of hydrogen-bond acceptors (Lipinski definition) is 3. The van der Waals surface area contributed by atoms with Gasteiger partial charge in [-0.15, -0.1) is 0 Å². The predicted octanol–water partition coefficient (Wildman–Crippen LogP) is 0.286. The normalized spacial score (nSPS) is 14.6. The molecule has 5 heteroatoms. The van der Waals surface area contributed by atoms with Crippen LogP contribution in [-0.4, -0.2) is 23.6 Å². The molecule has 0 bridgehead atoms. The van der Waals surface area contributed by atoms with Crippen LogP contribution in [0.2, 0.25) is 0 Å². The van der Waals surface area contributed by atoms with Gasteiger partial charge in [0.15, 0.2) is 0 Å². The summed E-state index contributed by atoms with van der Waals surface area (Å²) in [4.78, 5) is 23.2. The first-order chi connectivity index (χ1) is 7.61. The minimum absolute atomic E-state index is 0.185. The zero-order valence-electron chi connectivity index (χ0n) is 9.32. The molecular weight excluding hydrogens is 208 g/mol. The van der Waals surface area contributed by atoms with E-state index in [4.69, 9.17) is 4.74 Å². The summed E-state index contributed by atoms with van der Waals surface area (Å²) in [6.07, 6.45) is 3.55. The van der Waals surface area contributed by atoms with Crippen LogP contribution in [0.5, 0.6) is 5.75 Å². The van der Waals surface area contributed by atoms with Crippen molar-refractivity contribution in [3.63, 3.8) is 0 Å². The number of methoxy groups -OCH3 is 1. The lowest BCUT2D eigenvalue weighted by atomic mass is 10.2. The van der Waals surface area contributed by atoms with E-state index in [1.165, 1.54) is 23.9 Å². The Morgan fingerprint density at radius 2 is 2.25 bits per heavy atom. The van der Waals surface area contributed by atoms with E-state index in [0.29, 0.717) is 11.3 Å². The maximum Gasteiger partial charge on any atom is 0.256 e. The molecule has 1 N–H and O–H groups in total. The van der Waals surface area contributed by atoms with Gasteiger partial charge in [-0.1, -0.05) is 0 Å². The van der Waals surface area contributed by atoms with Crippen molar-refractivity contribution < 1.29 is 9.53 Å². The summed E-state index contributed by atoms with van der Waals surface area (Å²) in [6, 6.07) is 1.61. The largest absolute Gasteiger partial charge is 0.496 e. The standard InChI is InChI=1S/C11H14N2O3/c1-13-6-8(9(16-2)5-10(13)14)11(15)12-7-3-4-7/h5-7H,3-4H2,1-2H3,(H,12,15). The molecule has 1 saturated carbocycles. The monoisotopic (exact) mass is 222 g/mol. The highest BCUT2D eigenvalue weighted by atomic mass is 16.5. The van der Waals surface area contributed by atoms with Gasteiger partial charge in [0.05, 0.1) is 12.7 Å². The number of ether oxygens (including phenoxy) is 1. The molecule has 86 valence electrons. The summed E-state index contributed by atoms with van der Waals surface area (Å²) in [5.74, 6) is 0.135. The molecule has 1 amide bonds. The first kappa shape index (κ1) is 10.7. The molecule has 1 aliphatic rings. The van der Waals surface area contributed by atoms with Gasteiger partial charge in [0.25, 0.3) is 11.5 Å². The zero-order chi connectivity index (χ0) is 11.7. The summed E-state index contributed by atoms with van der Waals surface area (Å²) >= 11 is 0. The van der Waals surface area contributed by atoms with Crippen molar-refractivity contribution >= 4 is 5.91 Å². The molecule has 0 atom stereocenters. The van der Waals surface area contributed by atoms with Crippen molar-refractivity contribution in [3.8, 4) is 5.75 Å². The van der Waals surface area contributed by atoms with Gasteiger partial charge in [-0.05, 0) is 12.8 Å². The lowest BCUT2D eigenvalue weighted by Crippen LogP contribution is -2.28. The number of carbonyl (C=O) groups is 1. The minimum atomic E-state index is -0.195. The SMILES string of the molecule is COc1cc(=O)n(C)cc1C(=O)NC1CC1. The van der Waals surface area contributed by atoms with Crippen LogP contribution in [0, 0.1) is 0 Å². The lowest BCUT2D eigenvalue weighted by Gasteiger charge is -2.09. The van der Waals surface area contributed by atoms with Crippen LogP contribution in [-0.2, 0) is 7.05 Å². The van der Waals surface area contributed by atoms with E-state index in [9.17, 15) is 9.59 Å². The zero-order valence-corrected chi connectivity index (χ0v) is 9.32. The predicted molar refractivity (Wildman–Crippen MR) is 58.7 cm³/mol. The average Bonchev–Trinajstić information content (AvgIpc) is 3.05. The maximum atomic E-state index is 11.8. The van der Waals surface area contributed by atoms with Crippen LogP contribution in [0.1, 0.15) is 23.2 Å². The van der Waals surface area contributed by atoms with Crippen molar-refractivity contribution in [1.82, 2.24) is 9.88 Å². The lowest BCUT2D eigenvalue weighted by molar-refractivity contribution is 0.0947. The fourth-order valence-corrected chi connectivity index (χ4v) is 1.44. The first-order valence-corrected chi connectivity index (χ1v) is 5.17. The molecule has 0 aromatic carbocycles. The number of nitrogens with one attached hydrogen (secondary N) is 1. The van der Waals surface area contributed by atoms with E-state index in [1.54, 1.807) is 7.05 Å². The minimum Gasteiger partial charge on any atom is -0.496 e. The van der Waals surface area contributed by atoms with Gasteiger partial charge in [-0.3, -0.25) is 9.59 Å². The number of aryl methyl sites for hydroxylation is 1. The molecule has 1 aromatic heterocycles. The molecule has 2 rings (SSSR count). The Bertz CT molecular complexity index is 475. The third-order valence-corrected chi connectivity index (χ3v) is 2.57. The Labute approximate surface area is 93.0 Å². The molecule has 0 spiro atoms. The molecule has 0 radical (unpaired) electrons. The van der Waals surface area contributed by atoms with Crippen LogP contribution in [0.15, 0.2) is 17.1 Å². The Morgan fingerprint density at radius 1 is 1.56 bits per heavy atom. The first-order valence-electron chi connectivity index (χ1n) is 5.17. The molecule has 5 nitrogen and oxygen atoms in total. The van der Waals surface area contributed by atoms with Crippen LogP contribution >= 0.6 is 0 Å². The van der Waals surface area contributed by atoms with E-state index in [1.807, 2.05) is 0 Å². The van der Waals surface area contributed by atoms with Gasteiger partial charge in [-0.2, -0.15) is 0 Å². The van der Waals surface area contributed by atoms with E-state index < -0.39 is 0 Å². The average molecular weight is 222 g/mol. The number of nitrogens with zero attached hydrogens (tertiary/aromatic N) is 1. The molecular formula is C11H14N2O3. The van der Waals surface area contributed by atoms with Gasteiger partial charge in [0.2, 0.25) is 0 Å². The number of hydrogen-bond donors (Lipinski definition) is 1. The number of rotatable bonds is 3. The van der Waals surface area contributed by atoms with E-state index >= 15 is 0 Å². The van der Waals surface area contributed by atoms with Gasteiger partial charge in [0.1, 0.15) is 5.75 Å². The quantitative estimate of drug-likeness (QED) is 0.799. The molecule has 0 unspecified atom stereocenters. The molecule has 0 aliphatic heterocycles. The molecule has 1 aromatic rings. The summed E-state index contributed by atoms with van der Waals surface area (Å²) in [7, 11) is 3.05. The van der Waals surface area contributed by atoms with Crippen LogP contribution in [0.4, 0.5) is 0 Å². The Balaban J connectivity index is 2.33. The third kappa shape index (κ3) is 2.08. The molecule has 1 heterocycles. The number of carbonyl (C=O) groups excluding carboxylic acids is 1. The van der Waals surface area contributed by atoms with Gasteiger partial charge in [0, 0.05) is 25.4 Å². The van der Waals surface area contributed by atoms with Crippen molar-refractivity contribution in [1.29, 1.82) is 0 Å². The van der Waals surface area contributed by atoms with Gasteiger partial charge in [-0.25, -0.2) is 0 Å².